The van der Waals surface area contributed by atoms with Gasteiger partial charge in [0.25, 0.3) is 0 Å². The van der Waals surface area contributed by atoms with Crippen molar-refractivity contribution < 1.29 is 9.47 Å². The zero-order valence-corrected chi connectivity index (χ0v) is 12.0. The van der Waals surface area contributed by atoms with Crippen LogP contribution in [0, 0.1) is 0 Å². The number of nitrogens with zero attached hydrogens (tertiary/aromatic N) is 2. The molecule has 0 fully saturated rings. The Morgan fingerprint density at radius 1 is 1.25 bits per heavy atom. The van der Waals surface area contributed by atoms with E-state index in [1.54, 1.807) is 13.3 Å². The summed E-state index contributed by atoms with van der Waals surface area (Å²) >= 11 is 0. The Kier molecular flexibility index (Phi) is 5.58. The SMILES string of the molecule is COCCNCc1ccc(OCc2nccn2C)cc1. The van der Waals surface area contributed by atoms with Gasteiger partial charge in [-0.25, -0.2) is 4.98 Å². The predicted molar refractivity (Wildman–Crippen MR) is 77.6 cm³/mol. The van der Waals surface area contributed by atoms with Gasteiger partial charge in [0.05, 0.1) is 6.61 Å². The number of hydrogen-bond acceptors (Lipinski definition) is 4. The highest BCUT2D eigenvalue weighted by atomic mass is 16.5. The number of aryl methyl sites for hydroxylation is 1. The van der Waals surface area contributed by atoms with Crippen LogP contribution in [0.4, 0.5) is 0 Å². The zero-order chi connectivity index (χ0) is 14.2. The van der Waals surface area contributed by atoms with E-state index in [0.717, 1.165) is 31.3 Å². The first-order valence-electron chi connectivity index (χ1n) is 6.67. The second kappa shape index (κ2) is 7.67. The van der Waals surface area contributed by atoms with Gasteiger partial charge in [0, 0.05) is 39.6 Å². The molecule has 1 aromatic heterocycles. The van der Waals surface area contributed by atoms with E-state index in [-0.39, 0.29) is 0 Å². The van der Waals surface area contributed by atoms with Crippen molar-refractivity contribution in [2.45, 2.75) is 13.2 Å². The van der Waals surface area contributed by atoms with Crippen LogP contribution >= 0.6 is 0 Å². The highest BCUT2D eigenvalue weighted by Gasteiger charge is 2.01. The smallest absolute Gasteiger partial charge is 0.146 e. The highest BCUT2D eigenvalue weighted by Crippen LogP contribution is 2.13. The first-order valence-corrected chi connectivity index (χ1v) is 6.67. The molecule has 2 rings (SSSR count). The number of aromatic nitrogens is 2. The van der Waals surface area contributed by atoms with Crippen LogP contribution < -0.4 is 10.1 Å². The van der Waals surface area contributed by atoms with Crippen LogP contribution in [0.15, 0.2) is 36.7 Å². The van der Waals surface area contributed by atoms with Crippen LogP contribution in [0.25, 0.3) is 0 Å². The van der Waals surface area contributed by atoms with E-state index >= 15 is 0 Å². The summed E-state index contributed by atoms with van der Waals surface area (Å²) in [7, 11) is 3.66. The molecule has 1 N–H and O–H groups in total. The molecular formula is C15H21N3O2. The number of benzene rings is 1. The minimum absolute atomic E-state index is 0.481. The lowest BCUT2D eigenvalue weighted by Crippen LogP contribution is -2.18. The van der Waals surface area contributed by atoms with Crippen molar-refractivity contribution in [3.05, 3.63) is 48.0 Å². The van der Waals surface area contributed by atoms with E-state index in [9.17, 15) is 0 Å². The molecule has 0 atom stereocenters. The fourth-order valence-corrected chi connectivity index (χ4v) is 1.79. The number of methoxy groups -OCH3 is 1. The van der Waals surface area contributed by atoms with Gasteiger partial charge in [-0.1, -0.05) is 12.1 Å². The summed E-state index contributed by atoms with van der Waals surface area (Å²) in [6, 6.07) is 8.09. The van der Waals surface area contributed by atoms with E-state index in [1.807, 2.05) is 29.9 Å². The van der Waals surface area contributed by atoms with Gasteiger partial charge in [-0.05, 0) is 17.7 Å². The third-order valence-electron chi connectivity index (χ3n) is 3.02. The highest BCUT2D eigenvalue weighted by molar-refractivity contribution is 5.27. The number of ether oxygens (including phenoxy) is 2. The normalized spacial score (nSPS) is 10.7. The summed E-state index contributed by atoms with van der Waals surface area (Å²) in [5.74, 6) is 1.77. The molecule has 5 nitrogen and oxygen atoms in total. The summed E-state index contributed by atoms with van der Waals surface area (Å²) in [6.45, 7) is 2.90. The maximum absolute atomic E-state index is 5.71. The minimum atomic E-state index is 0.481. The largest absolute Gasteiger partial charge is 0.486 e. The third-order valence-corrected chi connectivity index (χ3v) is 3.02. The Bertz CT molecular complexity index is 508. The Morgan fingerprint density at radius 2 is 2.05 bits per heavy atom. The van der Waals surface area contributed by atoms with Crippen LogP contribution in [0.3, 0.4) is 0 Å². The molecule has 0 aliphatic rings. The summed E-state index contributed by atoms with van der Waals surface area (Å²) < 4.78 is 12.6. The predicted octanol–water partition coefficient (Wildman–Crippen LogP) is 1.74. The fourth-order valence-electron chi connectivity index (χ4n) is 1.79. The van der Waals surface area contributed by atoms with Gasteiger partial charge in [0.2, 0.25) is 0 Å². The molecule has 0 aliphatic heterocycles. The quantitative estimate of drug-likeness (QED) is 0.745. The van der Waals surface area contributed by atoms with Gasteiger partial charge >= 0.3 is 0 Å². The molecule has 1 aromatic carbocycles. The van der Waals surface area contributed by atoms with Crippen molar-refractivity contribution in [1.82, 2.24) is 14.9 Å². The van der Waals surface area contributed by atoms with Crippen molar-refractivity contribution in [2.24, 2.45) is 7.05 Å². The number of hydrogen-bond donors (Lipinski definition) is 1. The maximum atomic E-state index is 5.71. The lowest BCUT2D eigenvalue weighted by Gasteiger charge is -2.08. The molecular weight excluding hydrogens is 254 g/mol. The maximum Gasteiger partial charge on any atom is 0.146 e. The summed E-state index contributed by atoms with van der Waals surface area (Å²) in [5.41, 5.74) is 1.23. The van der Waals surface area contributed by atoms with Crippen molar-refractivity contribution in [1.29, 1.82) is 0 Å². The van der Waals surface area contributed by atoms with Gasteiger partial charge in [0.1, 0.15) is 18.2 Å². The lowest BCUT2D eigenvalue weighted by molar-refractivity contribution is 0.199. The third kappa shape index (κ3) is 4.36. The molecule has 0 spiro atoms. The zero-order valence-electron chi connectivity index (χ0n) is 12.0. The first-order chi connectivity index (χ1) is 9.79. The second-order valence-corrected chi connectivity index (χ2v) is 4.56. The van der Waals surface area contributed by atoms with Crippen molar-refractivity contribution in [2.75, 3.05) is 20.3 Å². The molecule has 20 heavy (non-hydrogen) atoms. The van der Waals surface area contributed by atoms with Crippen LogP contribution in [0.2, 0.25) is 0 Å². The van der Waals surface area contributed by atoms with Gasteiger partial charge in [0.15, 0.2) is 0 Å². The van der Waals surface area contributed by atoms with Gasteiger partial charge < -0.3 is 19.4 Å². The number of imidazole rings is 1. The standard InChI is InChI=1S/C15H21N3O2/c1-18-9-7-17-15(18)12-20-14-5-3-13(4-6-14)11-16-8-10-19-2/h3-7,9,16H,8,10-12H2,1-2H3. The molecule has 0 saturated heterocycles. The molecule has 5 heteroatoms. The Hall–Kier alpha value is -1.85. The lowest BCUT2D eigenvalue weighted by atomic mass is 10.2. The molecule has 0 bridgehead atoms. The molecule has 0 aliphatic carbocycles. The van der Waals surface area contributed by atoms with Crippen molar-refractivity contribution >= 4 is 0 Å². The van der Waals surface area contributed by atoms with Crippen LogP contribution in [0.5, 0.6) is 5.75 Å². The van der Waals surface area contributed by atoms with Crippen molar-refractivity contribution in [3.63, 3.8) is 0 Å². The fraction of sp³-hybridized carbons (Fsp3) is 0.400. The van der Waals surface area contributed by atoms with E-state index in [1.165, 1.54) is 5.56 Å². The molecule has 0 unspecified atom stereocenters. The van der Waals surface area contributed by atoms with Crippen LogP contribution in [-0.2, 0) is 24.9 Å². The Balaban J connectivity index is 1.78. The first kappa shape index (κ1) is 14.6. The van der Waals surface area contributed by atoms with E-state index in [0.29, 0.717) is 6.61 Å². The monoisotopic (exact) mass is 275 g/mol. The molecule has 108 valence electrons. The van der Waals surface area contributed by atoms with Crippen LogP contribution in [0.1, 0.15) is 11.4 Å². The molecule has 0 amide bonds. The summed E-state index contributed by atoms with van der Waals surface area (Å²) in [5, 5.41) is 3.30. The van der Waals surface area contributed by atoms with Crippen molar-refractivity contribution in [3.8, 4) is 5.75 Å². The van der Waals surface area contributed by atoms with Gasteiger partial charge in [-0.15, -0.1) is 0 Å². The van der Waals surface area contributed by atoms with E-state index in [4.69, 9.17) is 9.47 Å². The molecule has 1 heterocycles. The Morgan fingerprint density at radius 3 is 2.70 bits per heavy atom. The molecule has 0 saturated carbocycles. The van der Waals surface area contributed by atoms with Crippen LogP contribution in [-0.4, -0.2) is 29.8 Å². The molecule has 2 aromatic rings. The van der Waals surface area contributed by atoms with Gasteiger partial charge in [-0.2, -0.15) is 0 Å². The topological polar surface area (TPSA) is 48.3 Å². The summed E-state index contributed by atoms with van der Waals surface area (Å²) in [4.78, 5) is 4.22. The summed E-state index contributed by atoms with van der Waals surface area (Å²) in [6.07, 6.45) is 3.68. The average molecular weight is 275 g/mol. The van der Waals surface area contributed by atoms with Gasteiger partial charge in [-0.3, -0.25) is 0 Å². The average Bonchev–Trinajstić information content (AvgIpc) is 2.88. The second-order valence-electron chi connectivity index (χ2n) is 4.56. The van der Waals surface area contributed by atoms with E-state index in [2.05, 4.69) is 22.4 Å². The number of nitrogens with one attached hydrogen (secondary N) is 1. The Labute approximate surface area is 119 Å². The number of rotatable bonds is 8. The van der Waals surface area contributed by atoms with E-state index < -0.39 is 0 Å². The molecule has 0 radical (unpaired) electrons. The minimum Gasteiger partial charge on any atom is -0.486 e.